The number of nitrogens with zero attached hydrogens (tertiary/aromatic N) is 3. The zero-order valence-electron chi connectivity index (χ0n) is 16.6. The summed E-state index contributed by atoms with van der Waals surface area (Å²) in [7, 11) is 1.73. The van der Waals surface area contributed by atoms with E-state index in [0.717, 1.165) is 56.6 Å². The van der Waals surface area contributed by atoms with Gasteiger partial charge in [0.1, 0.15) is 6.04 Å². The number of hydrogen-bond acceptors (Lipinski definition) is 5. The molecule has 158 valence electrons. The largest absolute Gasteiger partial charge is 0.329 e. The summed E-state index contributed by atoms with van der Waals surface area (Å²) < 4.78 is 3.13. The van der Waals surface area contributed by atoms with E-state index in [-0.39, 0.29) is 30.4 Å². The van der Waals surface area contributed by atoms with Crippen molar-refractivity contribution < 1.29 is 9.59 Å². The first-order chi connectivity index (χ1) is 13.5. The molecule has 2 N–H and O–H groups in total. The standard InChI is InChI=1S/C20H27N5O3.ClH/c1-23-17-13-14(3-2-10-24-11-8-21-9-12-24)4-5-15(17)25(20(23)28)16-6-7-18(26)22-19(16)27;/h4-5,13,16,21H,2-3,6-12H2,1H3,(H,22,26,27);1H. The van der Waals surface area contributed by atoms with Gasteiger partial charge in [0.2, 0.25) is 11.8 Å². The molecule has 0 bridgehead atoms. The van der Waals surface area contributed by atoms with Crippen molar-refractivity contribution >= 4 is 35.3 Å². The average Bonchev–Trinajstić information content (AvgIpc) is 2.94. The van der Waals surface area contributed by atoms with Gasteiger partial charge in [0.05, 0.1) is 11.0 Å². The van der Waals surface area contributed by atoms with E-state index in [0.29, 0.717) is 6.42 Å². The summed E-state index contributed by atoms with van der Waals surface area (Å²) >= 11 is 0. The van der Waals surface area contributed by atoms with Crippen molar-refractivity contribution in [2.24, 2.45) is 7.05 Å². The predicted molar refractivity (Wildman–Crippen MR) is 113 cm³/mol. The normalized spacial score (nSPS) is 20.5. The first-order valence-electron chi connectivity index (χ1n) is 10.0. The Morgan fingerprint density at radius 1 is 1.10 bits per heavy atom. The molecule has 4 rings (SSSR count). The van der Waals surface area contributed by atoms with Crippen molar-refractivity contribution in [1.82, 2.24) is 24.7 Å². The summed E-state index contributed by atoms with van der Waals surface area (Å²) in [5, 5.41) is 5.71. The molecule has 3 heterocycles. The van der Waals surface area contributed by atoms with Gasteiger partial charge in [-0.2, -0.15) is 0 Å². The van der Waals surface area contributed by atoms with E-state index in [1.165, 1.54) is 10.1 Å². The molecule has 2 aromatic rings. The van der Waals surface area contributed by atoms with Gasteiger partial charge < -0.3 is 10.2 Å². The van der Waals surface area contributed by atoms with Crippen molar-refractivity contribution in [1.29, 1.82) is 0 Å². The molecule has 9 heteroatoms. The molecule has 0 aliphatic carbocycles. The van der Waals surface area contributed by atoms with Gasteiger partial charge in [0, 0.05) is 39.6 Å². The number of hydrogen-bond donors (Lipinski definition) is 2. The number of amides is 2. The molecular formula is C20H28ClN5O3. The lowest BCUT2D eigenvalue weighted by atomic mass is 10.1. The fourth-order valence-electron chi connectivity index (χ4n) is 4.24. The average molecular weight is 422 g/mol. The van der Waals surface area contributed by atoms with Crippen LogP contribution in [0.2, 0.25) is 0 Å². The van der Waals surface area contributed by atoms with Gasteiger partial charge in [-0.25, -0.2) is 4.79 Å². The molecule has 1 unspecified atom stereocenters. The molecule has 2 amide bonds. The van der Waals surface area contributed by atoms with Gasteiger partial charge >= 0.3 is 5.69 Å². The number of fused-ring (bicyclic) bond motifs is 1. The van der Waals surface area contributed by atoms with Crippen molar-refractivity contribution in [3.8, 4) is 0 Å². The van der Waals surface area contributed by atoms with E-state index in [2.05, 4.69) is 21.6 Å². The molecule has 0 radical (unpaired) electrons. The Morgan fingerprint density at radius 2 is 1.86 bits per heavy atom. The zero-order chi connectivity index (χ0) is 19.7. The number of halogens is 1. The van der Waals surface area contributed by atoms with Crippen LogP contribution >= 0.6 is 12.4 Å². The van der Waals surface area contributed by atoms with Crippen LogP contribution in [0.3, 0.4) is 0 Å². The second-order valence-electron chi connectivity index (χ2n) is 7.70. The highest BCUT2D eigenvalue weighted by Crippen LogP contribution is 2.24. The second-order valence-corrected chi connectivity index (χ2v) is 7.70. The van der Waals surface area contributed by atoms with Crippen LogP contribution in [0.4, 0.5) is 0 Å². The predicted octanol–water partition coefficient (Wildman–Crippen LogP) is 0.577. The number of nitrogens with one attached hydrogen (secondary N) is 2. The lowest BCUT2D eigenvalue weighted by molar-refractivity contribution is -0.135. The number of imidazole rings is 1. The number of aromatic nitrogens is 2. The minimum Gasteiger partial charge on any atom is -0.314 e. The third-order valence-corrected chi connectivity index (χ3v) is 5.82. The van der Waals surface area contributed by atoms with Crippen molar-refractivity contribution in [3.63, 3.8) is 0 Å². The molecule has 1 aromatic carbocycles. The summed E-state index contributed by atoms with van der Waals surface area (Å²) in [5.41, 5.74) is 2.54. The van der Waals surface area contributed by atoms with E-state index < -0.39 is 11.9 Å². The zero-order valence-corrected chi connectivity index (χ0v) is 17.5. The molecule has 1 aromatic heterocycles. The van der Waals surface area contributed by atoms with Crippen LogP contribution in [0.5, 0.6) is 0 Å². The number of carbonyl (C=O) groups is 2. The van der Waals surface area contributed by atoms with E-state index in [1.54, 1.807) is 11.6 Å². The van der Waals surface area contributed by atoms with Crippen LogP contribution in [0.1, 0.15) is 30.9 Å². The third-order valence-electron chi connectivity index (χ3n) is 5.82. The van der Waals surface area contributed by atoms with E-state index in [9.17, 15) is 14.4 Å². The van der Waals surface area contributed by atoms with Crippen LogP contribution in [-0.4, -0.2) is 58.6 Å². The fourth-order valence-corrected chi connectivity index (χ4v) is 4.24. The van der Waals surface area contributed by atoms with Gasteiger partial charge in [-0.3, -0.25) is 24.0 Å². The van der Waals surface area contributed by atoms with E-state index in [1.807, 2.05) is 12.1 Å². The van der Waals surface area contributed by atoms with Gasteiger partial charge in [-0.15, -0.1) is 12.4 Å². The lowest BCUT2D eigenvalue weighted by Gasteiger charge is -2.27. The van der Waals surface area contributed by atoms with E-state index in [4.69, 9.17) is 0 Å². The molecule has 0 saturated carbocycles. The van der Waals surface area contributed by atoms with Gasteiger partial charge in [0.15, 0.2) is 0 Å². The second kappa shape index (κ2) is 9.11. The first kappa shape index (κ1) is 21.5. The number of carbonyl (C=O) groups excluding carboxylic acids is 2. The molecular weight excluding hydrogens is 394 g/mol. The first-order valence-corrected chi connectivity index (χ1v) is 10.0. The highest BCUT2D eigenvalue weighted by atomic mass is 35.5. The quantitative estimate of drug-likeness (QED) is 0.689. The molecule has 2 aliphatic heterocycles. The van der Waals surface area contributed by atoms with Gasteiger partial charge in [-0.05, 0) is 43.5 Å². The highest BCUT2D eigenvalue weighted by molar-refractivity contribution is 6.00. The third kappa shape index (κ3) is 4.39. The van der Waals surface area contributed by atoms with Crippen molar-refractivity contribution in [3.05, 3.63) is 34.2 Å². The van der Waals surface area contributed by atoms with E-state index >= 15 is 0 Å². The minimum atomic E-state index is -0.632. The van der Waals surface area contributed by atoms with Crippen LogP contribution < -0.4 is 16.3 Å². The van der Waals surface area contributed by atoms with Crippen LogP contribution in [0, 0.1) is 0 Å². The molecule has 8 nitrogen and oxygen atoms in total. The number of benzene rings is 1. The van der Waals surface area contributed by atoms with Crippen molar-refractivity contribution in [2.45, 2.75) is 31.7 Å². The Bertz CT molecular complexity index is 961. The van der Waals surface area contributed by atoms with Crippen LogP contribution in [0.15, 0.2) is 23.0 Å². The SMILES string of the molecule is Cl.Cn1c(=O)n(C2CCC(=O)NC2=O)c2ccc(CCCN3CCNCC3)cc21. The lowest BCUT2D eigenvalue weighted by Crippen LogP contribution is -2.44. The Labute approximate surface area is 175 Å². The summed E-state index contributed by atoms with van der Waals surface area (Å²) in [6.45, 7) is 5.39. The Balaban J connectivity index is 0.00000240. The summed E-state index contributed by atoms with van der Waals surface area (Å²) in [6, 6.07) is 5.40. The summed E-state index contributed by atoms with van der Waals surface area (Å²) in [5.74, 6) is -0.674. The highest BCUT2D eigenvalue weighted by Gasteiger charge is 2.31. The smallest absolute Gasteiger partial charge is 0.314 e. The monoisotopic (exact) mass is 421 g/mol. The summed E-state index contributed by atoms with van der Waals surface area (Å²) in [4.78, 5) is 39.0. The molecule has 2 fully saturated rings. The number of aryl methyl sites for hydroxylation is 2. The van der Waals surface area contributed by atoms with Crippen LogP contribution in [-0.2, 0) is 23.1 Å². The maximum absolute atomic E-state index is 12.8. The molecule has 0 spiro atoms. The molecule has 2 saturated heterocycles. The molecule has 2 aliphatic rings. The molecule has 29 heavy (non-hydrogen) atoms. The number of rotatable bonds is 5. The Hall–Kier alpha value is -2.16. The Kier molecular flexibility index (Phi) is 6.77. The van der Waals surface area contributed by atoms with Crippen LogP contribution in [0.25, 0.3) is 11.0 Å². The number of imide groups is 1. The van der Waals surface area contributed by atoms with Gasteiger partial charge in [-0.1, -0.05) is 6.07 Å². The Morgan fingerprint density at radius 3 is 2.59 bits per heavy atom. The minimum absolute atomic E-state index is 0. The molecule has 1 atom stereocenters. The topological polar surface area (TPSA) is 88.4 Å². The number of piperidine rings is 1. The van der Waals surface area contributed by atoms with Crippen molar-refractivity contribution in [2.75, 3.05) is 32.7 Å². The number of piperazine rings is 1. The van der Waals surface area contributed by atoms with Gasteiger partial charge in [0.25, 0.3) is 0 Å². The maximum atomic E-state index is 12.8. The summed E-state index contributed by atoms with van der Waals surface area (Å²) in [6.07, 6.45) is 2.64. The maximum Gasteiger partial charge on any atom is 0.329 e. The fraction of sp³-hybridized carbons (Fsp3) is 0.550.